The Kier molecular flexibility index (Phi) is 9.54. The van der Waals surface area contributed by atoms with Crippen LogP contribution in [0.1, 0.15) is 33.2 Å². The van der Waals surface area contributed by atoms with Crippen LogP contribution in [0.25, 0.3) is 10.8 Å². The Bertz CT molecular complexity index is 1850. The molecular formula is C34H24Cl2N2O6. The number of hydrogen-bond acceptors (Lipinski definition) is 7. The van der Waals surface area contributed by atoms with E-state index in [1.165, 1.54) is 48.7 Å². The molecule has 5 aromatic carbocycles. The van der Waals surface area contributed by atoms with Crippen molar-refractivity contribution in [2.75, 3.05) is 0 Å². The Morgan fingerprint density at radius 3 is 2.02 bits per heavy atom. The Labute approximate surface area is 262 Å². The minimum absolute atomic E-state index is 0.0319. The largest absolute Gasteiger partial charge is 0.480 e. The van der Waals surface area contributed by atoms with Crippen molar-refractivity contribution >= 4 is 58.0 Å². The van der Waals surface area contributed by atoms with Gasteiger partial charge in [-0.1, -0.05) is 59.6 Å². The number of rotatable bonds is 9. The predicted molar refractivity (Wildman–Crippen MR) is 169 cm³/mol. The molecule has 0 heterocycles. The molecule has 0 bridgehead atoms. The number of carbonyl (C=O) groups is 3. The fourth-order valence-corrected chi connectivity index (χ4v) is 4.32. The van der Waals surface area contributed by atoms with Crippen LogP contribution < -0.4 is 19.6 Å². The topological polar surface area (TPSA) is 103 Å². The number of halogens is 2. The van der Waals surface area contributed by atoms with E-state index in [1.54, 1.807) is 37.3 Å². The molecule has 0 aliphatic rings. The minimum Gasteiger partial charge on any atom is -0.480 e. The summed E-state index contributed by atoms with van der Waals surface area (Å²) < 4.78 is 17.0. The number of hydrogen-bond donors (Lipinski definition) is 1. The zero-order valence-electron chi connectivity index (χ0n) is 23.2. The first-order valence-corrected chi connectivity index (χ1v) is 14.1. The van der Waals surface area contributed by atoms with Gasteiger partial charge in [0.25, 0.3) is 5.91 Å². The maximum Gasteiger partial charge on any atom is 0.343 e. The summed E-state index contributed by atoms with van der Waals surface area (Å²) in [5.74, 6) is -1.10. The molecule has 1 amide bonds. The summed E-state index contributed by atoms with van der Waals surface area (Å²) in [4.78, 5) is 38.3. The molecule has 0 aromatic heterocycles. The highest BCUT2D eigenvalue weighted by atomic mass is 35.5. The summed E-state index contributed by atoms with van der Waals surface area (Å²) in [6.07, 6.45) is 0.437. The van der Waals surface area contributed by atoms with E-state index in [9.17, 15) is 14.4 Å². The van der Waals surface area contributed by atoms with Crippen LogP contribution in [-0.4, -0.2) is 30.2 Å². The molecule has 0 aliphatic heterocycles. The summed E-state index contributed by atoms with van der Waals surface area (Å²) in [5, 5.41) is 6.83. The average Bonchev–Trinajstić information content (AvgIpc) is 3.02. The lowest BCUT2D eigenvalue weighted by atomic mass is 10.1. The summed E-state index contributed by atoms with van der Waals surface area (Å²) in [6.45, 7) is 1.61. The van der Waals surface area contributed by atoms with Gasteiger partial charge in [0.2, 0.25) is 0 Å². The highest BCUT2D eigenvalue weighted by Crippen LogP contribution is 2.27. The van der Waals surface area contributed by atoms with Gasteiger partial charge in [-0.15, -0.1) is 0 Å². The normalized spacial score (nSPS) is 11.6. The number of fused-ring (bicyclic) bond motifs is 1. The number of nitrogens with one attached hydrogen (secondary N) is 1. The van der Waals surface area contributed by atoms with Crippen molar-refractivity contribution in [2.45, 2.75) is 13.0 Å². The molecule has 220 valence electrons. The number of hydrazone groups is 1. The highest BCUT2D eigenvalue weighted by molar-refractivity contribution is 6.31. The summed E-state index contributed by atoms with van der Waals surface area (Å²) in [6, 6.07) is 30.0. The first-order chi connectivity index (χ1) is 21.3. The van der Waals surface area contributed by atoms with Crippen LogP contribution in [0.3, 0.4) is 0 Å². The molecule has 44 heavy (non-hydrogen) atoms. The molecule has 1 N–H and O–H groups in total. The smallest absolute Gasteiger partial charge is 0.343 e. The van der Waals surface area contributed by atoms with Crippen LogP contribution in [0.5, 0.6) is 17.2 Å². The fraction of sp³-hybridized carbons (Fsp3) is 0.0588. The minimum atomic E-state index is -0.866. The van der Waals surface area contributed by atoms with Gasteiger partial charge in [0.1, 0.15) is 17.2 Å². The van der Waals surface area contributed by atoms with Gasteiger partial charge in [0.15, 0.2) is 6.10 Å². The molecule has 10 heteroatoms. The molecule has 0 spiro atoms. The van der Waals surface area contributed by atoms with E-state index in [1.807, 2.05) is 36.4 Å². The molecule has 8 nitrogen and oxygen atoms in total. The van der Waals surface area contributed by atoms with E-state index in [0.29, 0.717) is 21.4 Å². The van der Waals surface area contributed by atoms with Crippen molar-refractivity contribution in [3.8, 4) is 17.2 Å². The lowest BCUT2D eigenvalue weighted by molar-refractivity contribution is -0.127. The van der Waals surface area contributed by atoms with Crippen LogP contribution in [0, 0.1) is 0 Å². The summed E-state index contributed by atoms with van der Waals surface area (Å²) >= 11 is 11.8. The zero-order valence-corrected chi connectivity index (χ0v) is 24.7. The van der Waals surface area contributed by atoms with E-state index >= 15 is 0 Å². The lowest BCUT2D eigenvalue weighted by Crippen LogP contribution is -2.33. The second-order valence-electron chi connectivity index (χ2n) is 9.46. The van der Waals surface area contributed by atoms with E-state index in [4.69, 9.17) is 37.4 Å². The monoisotopic (exact) mass is 626 g/mol. The van der Waals surface area contributed by atoms with Crippen LogP contribution in [-0.2, 0) is 4.79 Å². The van der Waals surface area contributed by atoms with Gasteiger partial charge in [-0.2, -0.15) is 5.10 Å². The second-order valence-corrected chi connectivity index (χ2v) is 10.3. The van der Waals surface area contributed by atoms with Crippen molar-refractivity contribution in [1.82, 2.24) is 5.43 Å². The van der Waals surface area contributed by atoms with Gasteiger partial charge in [0.05, 0.1) is 17.3 Å². The number of nitrogens with zero attached hydrogens (tertiary/aromatic N) is 1. The zero-order chi connectivity index (χ0) is 31.1. The van der Waals surface area contributed by atoms with Crippen molar-refractivity contribution in [3.05, 3.63) is 136 Å². The molecule has 5 aromatic rings. The molecule has 1 atom stereocenters. The Morgan fingerprint density at radius 1 is 0.727 bits per heavy atom. The van der Waals surface area contributed by atoms with Gasteiger partial charge in [-0.05, 0) is 79.0 Å². The number of amides is 1. The SMILES string of the molecule is C[C@@H](Oc1cccc2ccccc12)C(=O)N/N=C\c1ccc(OC(=O)c2ccc(Cl)cc2)cc1OC(=O)c1ccc(Cl)cc1. The summed E-state index contributed by atoms with van der Waals surface area (Å²) in [7, 11) is 0. The van der Waals surface area contributed by atoms with Gasteiger partial charge >= 0.3 is 11.9 Å². The number of carbonyl (C=O) groups excluding carboxylic acids is 3. The van der Waals surface area contributed by atoms with Gasteiger partial charge < -0.3 is 14.2 Å². The van der Waals surface area contributed by atoms with E-state index in [2.05, 4.69) is 10.5 Å². The third-order valence-corrected chi connectivity index (χ3v) is 6.86. The maximum absolute atomic E-state index is 12.9. The lowest BCUT2D eigenvalue weighted by Gasteiger charge is -2.15. The molecule has 0 radical (unpaired) electrons. The molecule has 0 saturated heterocycles. The molecular weight excluding hydrogens is 603 g/mol. The van der Waals surface area contributed by atoms with Crippen LogP contribution >= 0.6 is 23.2 Å². The Balaban J connectivity index is 1.32. The van der Waals surface area contributed by atoms with Crippen molar-refractivity contribution < 1.29 is 28.6 Å². The van der Waals surface area contributed by atoms with Crippen LogP contribution in [0.4, 0.5) is 0 Å². The van der Waals surface area contributed by atoms with Gasteiger partial charge in [-0.3, -0.25) is 4.79 Å². The van der Waals surface area contributed by atoms with Crippen LogP contribution in [0.15, 0.2) is 114 Å². The average molecular weight is 627 g/mol. The summed E-state index contributed by atoms with van der Waals surface area (Å²) in [5.41, 5.74) is 3.29. The Hall–Kier alpha value is -5.18. The van der Waals surface area contributed by atoms with Crippen LogP contribution in [0.2, 0.25) is 10.0 Å². The van der Waals surface area contributed by atoms with Gasteiger partial charge in [0, 0.05) is 27.1 Å². The van der Waals surface area contributed by atoms with E-state index in [0.717, 1.165) is 10.8 Å². The second kappa shape index (κ2) is 13.9. The standard InChI is InChI=1S/C34H24Cl2N2O6/c1-21(42-30-8-4-6-22-5-2-3-7-29(22)30)32(39)38-37-20-25-13-18-28(43-33(40)23-9-14-26(35)15-10-23)19-31(25)44-34(41)24-11-16-27(36)17-12-24/h2-21H,1H3,(H,38,39)/b37-20-/t21-/m1/s1. The quantitative estimate of drug-likeness (QED) is 0.0786. The third-order valence-electron chi connectivity index (χ3n) is 6.36. The van der Waals surface area contributed by atoms with E-state index < -0.39 is 23.9 Å². The number of ether oxygens (including phenoxy) is 3. The first kappa shape index (κ1) is 30.3. The van der Waals surface area contributed by atoms with Crippen molar-refractivity contribution in [1.29, 1.82) is 0 Å². The van der Waals surface area contributed by atoms with Crippen molar-refractivity contribution in [3.63, 3.8) is 0 Å². The van der Waals surface area contributed by atoms with E-state index in [-0.39, 0.29) is 22.6 Å². The highest BCUT2D eigenvalue weighted by Gasteiger charge is 2.17. The first-order valence-electron chi connectivity index (χ1n) is 13.3. The third kappa shape index (κ3) is 7.60. The molecule has 0 saturated carbocycles. The van der Waals surface area contributed by atoms with Crippen molar-refractivity contribution in [2.24, 2.45) is 5.10 Å². The number of esters is 2. The molecule has 5 rings (SSSR count). The molecule has 0 fully saturated rings. The predicted octanol–water partition coefficient (Wildman–Crippen LogP) is 7.50. The Morgan fingerprint density at radius 2 is 1.34 bits per heavy atom. The number of benzene rings is 5. The van der Waals surface area contributed by atoms with Gasteiger partial charge in [-0.25, -0.2) is 15.0 Å². The molecule has 0 unspecified atom stereocenters. The maximum atomic E-state index is 12.9. The molecule has 0 aliphatic carbocycles. The fourth-order valence-electron chi connectivity index (χ4n) is 4.07.